The van der Waals surface area contributed by atoms with Crippen molar-refractivity contribution < 1.29 is 19.1 Å². The molecule has 202 valence electrons. The topological polar surface area (TPSA) is 75.7 Å². The number of fused-ring (bicyclic) bond motifs is 6. The predicted molar refractivity (Wildman–Crippen MR) is 159 cm³/mol. The zero-order valence-corrected chi connectivity index (χ0v) is 22.8. The smallest absolute Gasteiger partial charge is 0.238 e. The number of Topliss-reactive ketones (excluding diaryl/α,β-unsaturated/α-hetero) is 2. The van der Waals surface area contributed by atoms with Crippen molar-refractivity contribution in [2.75, 3.05) is 11.9 Å². The van der Waals surface area contributed by atoms with Crippen LogP contribution in [0.15, 0.2) is 109 Å². The zero-order chi connectivity index (χ0) is 28.1. The number of hydrogen-bond donors (Lipinski definition) is 1. The van der Waals surface area contributed by atoms with E-state index >= 15 is 0 Å². The van der Waals surface area contributed by atoms with Gasteiger partial charge in [0.15, 0.2) is 11.6 Å². The Morgan fingerprint density at radius 2 is 1.76 bits per heavy atom. The Hall–Kier alpha value is -4.75. The Balaban J connectivity index is 1.48. The van der Waals surface area contributed by atoms with Gasteiger partial charge in [-0.3, -0.25) is 14.4 Å². The van der Waals surface area contributed by atoms with Crippen LogP contribution in [0.1, 0.15) is 42.8 Å². The van der Waals surface area contributed by atoms with E-state index in [0.717, 1.165) is 16.7 Å². The highest BCUT2D eigenvalue weighted by atomic mass is 32.1. The van der Waals surface area contributed by atoms with Crippen LogP contribution >= 0.6 is 11.3 Å². The van der Waals surface area contributed by atoms with Crippen LogP contribution < -0.4 is 10.1 Å². The number of thiophene rings is 1. The first-order valence-corrected chi connectivity index (χ1v) is 14.3. The molecule has 3 aliphatic heterocycles. The summed E-state index contributed by atoms with van der Waals surface area (Å²) < 4.78 is 5.63. The van der Waals surface area contributed by atoms with Crippen LogP contribution in [0.2, 0.25) is 0 Å². The highest BCUT2D eigenvalue weighted by molar-refractivity contribution is 7.12. The summed E-state index contributed by atoms with van der Waals surface area (Å²) in [5.41, 5.74) is 2.34. The Kier molecular flexibility index (Phi) is 5.98. The minimum atomic E-state index is -1.34. The fraction of sp³-hybridized carbons (Fsp3) is 0.147. The number of benzene rings is 3. The van der Waals surface area contributed by atoms with Crippen molar-refractivity contribution in [3.8, 4) is 5.75 Å². The van der Waals surface area contributed by atoms with Gasteiger partial charge in [-0.15, -0.1) is 11.3 Å². The third-order valence-corrected chi connectivity index (χ3v) is 9.28. The molecule has 1 amide bonds. The molecule has 1 spiro atoms. The highest BCUT2D eigenvalue weighted by Crippen LogP contribution is 2.62. The van der Waals surface area contributed by atoms with Crippen molar-refractivity contribution in [3.63, 3.8) is 0 Å². The first kappa shape index (κ1) is 25.2. The van der Waals surface area contributed by atoms with E-state index in [2.05, 4.69) is 11.9 Å². The first-order valence-electron chi connectivity index (χ1n) is 13.5. The number of nitrogens with zero attached hydrogens (tertiary/aromatic N) is 1. The Morgan fingerprint density at radius 3 is 2.54 bits per heavy atom. The molecule has 1 aromatic heterocycles. The molecule has 4 aromatic rings. The Morgan fingerprint density at radius 1 is 0.976 bits per heavy atom. The van der Waals surface area contributed by atoms with Gasteiger partial charge in [-0.1, -0.05) is 61.2 Å². The van der Waals surface area contributed by atoms with Crippen molar-refractivity contribution in [2.45, 2.75) is 17.5 Å². The molecule has 0 unspecified atom stereocenters. The van der Waals surface area contributed by atoms with E-state index in [9.17, 15) is 14.4 Å². The van der Waals surface area contributed by atoms with Gasteiger partial charge in [0.05, 0.1) is 16.8 Å². The number of carbonyl (C=O) groups excluding carboxylic acids is 3. The molecule has 1 saturated heterocycles. The third kappa shape index (κ3) is 3.66. The molecule has 4 atom stereocenters. The fourth-order valence-corrected chi connectivity index (χ4v) is 7.48. The van der Waals surface area contributed by atoms with Gasteiger partial charge < -0.3 is 15.0 Å². The number of hydrogen-bond acceptors (Lipinski definition) is 6. The quantitative estimate of drug-likeness (QED) is 0.213. The van der Waals surface area contributed by atoms with Crippen molar-refractivity contribution >= 4 is 40.6 Å². The van der Waals surface area contributed by atoms with Crippen LogP contribution in [-0.4, -0.2) is 35.0 Å². The highest BCUT2D eigenvalue weighted by Gasteiger charge is 2.70. The van der Waals surface area contributed by atoms with Crippen molar-refractivity contribution in [1.29, 1.82) is 0 Å². The third-order valence-electron chi connectivity index (χ3n) is 8.39. The maximum absolute atomic E-state index is 14.8. The molecule has 7 heteroatoms. The number of carbonyl (C=O) groups is 3. The number of ether oxygens (including phenoxy) is 1. The maximum Gasteiger partial charge on any atom is 0.238 e. The summed E-state index contributed by atoms with van der Waals surface area (Å²) >= 11 is 1.34. The molecule has 3 aromatic carbocycles. The second kappa shape index (κ2) is 9.71. The summed E-state index contributed by atoms with van der Waals surface area (Å²) in [6.45, 7) is 4.02. The average Bonchev–Trinajstić information content (AvgIpc) is 3.72. The molecular formula is C34H26N2O4S. The fourth-order valence-electron chi connectivity index (χ4n) is 6.78. The van der Waals surface area contributed by atoms with E-state index in [1.54, 1.807) is 36.4 Å². The van der Waals surface area contributed by atoms with E-state index in [-0.39, 0.29) is 17.5 Å². The first-order chi connectivity index (χ1) is 20.1. The molecule has 41 heavy (non-hydrogen) atoms. The molecule has 1 fully saturated rings. The van der Waals surface area contributed by atoms with Gasteiger partial charge in [0.25, 0.3) is 0 Å². The lowest BCUT2D eigenvalue weighted by molar-refractivity contribution is -0.122. The standard InChI is InChI=1S/C34H26N2O4S/c1-2-19-40-23-15-13-22(14-16-23)30(37)28-29(31(38)27-12-7-20-41-27)36-18-17-21-8-3-4-9-24(21)32(36)34(28)25-10-5-6-11-26(25)35-33(34)39/h2-18,20,28-29,32H,1,19H2,(H,35,39)/t28-,29+,32+,34+/m0/s1. The summed E-state index contributed by atoms with van der Waals surface area (Å²) in [4.78, 5) is 46.1. The second-order valence-electron chi connectivity index (χ2n) is 10.4. The average molecular weight is 559 g/mol. The number of ketones is 2. The summed E-state index contributed by atoms with van der Waals surface area (Å²) in [6, 6.07) is 24.5. The molecule has 0 aliphatic carbocycles. The normalized spacial score (nSPS) is 23.5. The van der Waals surface area contributed by atoms with Gasteiger partial charge in [-0.25, -0.2) is 0 Å². The molecule has 1 N–H and O–H groups in total. The van der Waals surface area contributed by atoms with Gasteiger partial charge in [0.2, 0.25) is 5.91 Å². The SMILES string of the molecule is C=CCOc1ccc(C(=O)[C@@H]2[C@H](C(=O)c3cccs3)N3C=Cc4ccccc4[C@@H]3[C@]23C(=O)Nc2ccccc23)cc1. The lowest BCUT2D eigenvalue weighted by Crippen LogP contribution is -2.49. The number of nitrogens with one attached hydrogen (secondary N) is 1. The van der Waals surface area contributed by atoms with Gasteiger partial charge in [0, 0.05) is 17.5 Å². The van der Waals surface area contributed by atoms with Crippen molar-refractivity contribution in [1.82, 2.24) is 4.90 Å². The van der Waals surface area contributed by atoms with Crippen LogP contribution in [0.3, 0.4) is 0 Å². The molecule has 4 heterocycles. The monoisotopic (exact) mass is 558 g/mol. The number of rotatable bonds is 7. The van der Waals surface area contributed by atoms with Gasteiger partial charge in [0.1, 0.15) is 23.8 Å². The lowest BCUT2D eigenvalue weighted by atomic mass is 9.63. The molecule has 0 bridgehead atoms. The predicted octanol–water partition coefficient (Wildman–Crippen LogP) is 6.29. The minimum Gasteiger partial charge on any atom is -0.490 e. The molecule has 0 saturated carbocycles. The Bertz CT molecular complexity index is 1730. The summed E-state index contributed by atoms with van der Waals surface area (Å²) in [5.74, 6) is -1.10. The number of para-hydroxylation sites is 1. The van der Waals surface area contributed by atoms with Crippen molar-refractivity contribution in [3.05, 3.63) is 136 Å². The molecular weight excluding hydrogens is 532 g/mol. The van der Waals surface area contributed by atoms with E-state index in [1.807, 2.05) is 77.2 Å². The number of anilines is 1. The van der Waals surface area contributed by atoms with Gasteiger partial charge >= 0.3 is 0 Å². The number of amides is 1. The van der Waals surface area contributed by atoms with Crippen LogP contribution in [-0.2, 0) is 10.2 Å². The Labute approximate surface area is 241 Å². The minimum absolute atomic E-state index is 0.174. The van der Waals surface area contributed by atoms with E-state index in [1.165, 1.54) is 11.3 Å². The molecule has 0 radical (unpaired) electrons. The second-order valence-corrected chi connectivity index (χ2v) is 11.4. The van der Waals surface area contributed by atoms with E-state index in [4.69, 9.17) is 4.74 Å². The van der Waals surface area contributed by atoms with Crippen LogP contribution in [0.25, 0.3) is 6.08 Å². The summed E-state index contributed by atoms with van der Waals surface area (Å²) in [7, 11) is 0. The largest absolute Gasteiger partial charge is 0.490 e. The lowest BCUT2D eigenvalue weighted by Gasteiger charge is -2.38. The summed E-state index contributed by atoms with van der Waals surface area (Å²) in [6.07, 6.45) is 5.50. The van der Waals surface area contributed by atoms with Crippen molar-refractivity contribution in [2.24, 2.45) is 5.92 Å². The zero-order valence-electron chi connectivity index (χ0n) is 22.0. The van der Waals surface area contributed by atoms with Crippen LogP contribution in [0.4, 0.5) is 5.69 Å². The molecule has 6 nitrogen and oxygen atoms in total. The van der Waals surface area contributed by atoms with Crippen LogP contribution in [0.5, 0.6) is 5.75 Å². The van der Waals surface area contributed by atoms with Gasteiger partial charge in [-0.05, 0) is 64.5 Å². The van der Waals surface area contributed by atoms with Crippen LogP contribution in [0, 0.1) is 5.92 Å². The maximum atomic E-state index is 14.8. The summed E-state index contributed by atoms with van der Waals surface area (Å²) in [5, 5.41) is 4.93. The van der Waals surface area contributed by atoms with E-state index < -0.39 is 23.4 Å². The molecule has 3 aliphatic rings. The van der Waals surface area contributed by atoms with Gasteiger partial charge in [-0.2, -0.15) is 0 Å². The van der Waals surface area contributed by atoms with E-state index in [0.29, 0.717) is 28.5 Å². The molecule has 7 rings (SSSR count).